The number of non-ortho nitro benzene ring substituents is 1. The van der Waals surface area contributed by atoms with Gasteiger partial charge >= 0.3 is 26.9 Å². The maximum atomic E-state index is 12.4. The number of phenols is 4. The second-order valence-electron chi connectivity index (χ2n) is 11.7. The number of anilines is 2. The van der Waals surface area contributed by atoms with Gasteiger partial charge in [0.15, 0.2) is 17.2 Å². The van der Waals surface area contributed by atoms with E-state index < -0.39 is 101 Å². The van der Waals surface area contributed by atoms with Crippen LogP contribution in [-0.4, -0.2) is 81.5 Å². The minimum atomic E-state index is -5.21. The number of fused-ring (bicyclic) bond motifs is 2. The van der Waals surface area contributed by atoms with Crippen LogP contribution in [0.5, 0.6) is 23.0 Å². The van der Waals surface area contributed by atoms with Crippen molar-refractivity contribution in [2.24, 2.45) is 20.5 Å². The molecular formula is C32H21Cu2N7O20S4. The molecule has 0 fully saturated rings. The average Bonchev–Trinajstić information content (AvgIpc) is 3.16. The van der Waals surface area contributed by atoms with Gasteiger partial charge in [-0.05, 0) is 65.4 Å². The fourth-order valence-electron chi connectivity index (χ4n) is 5.27. The Morgan fingerprint density at radius 3 is 1.52 bits per heavy atom. The van der Waals surface area contributed by atoms with E-state index in [-0.39, 0.29) is 62.0 Å². The number of hydrogen-bond acceptors (Lipinski definition) is 23. The van der Waals surface area contributed by atoms with E-state index in [1.165, 1.54) is 42.5 Å². The summed E-state index contributed by atoms with van der Waals surface area (Å²) in [6.07, 6.45) is 0. The molecule has 0 saturated carbocycles. The largest absolute Gasteiger partial charge is 0.505 e. The first kappa shape index (κ1) is 54.1. The third kappa shape index (κ3) is 13.7. The molecule has 0 aliphatic heterocycles. The average molecular weight is 1080 g/mol. The summed E-state index contributed by atoms with van der Waals surface area (Å²) in [5, 5.41) is 83.4. The van der Waals surface area contributed by atoms with Gasteiger partial charge in [0.05, 0.1) is 9.85 Å². The fraction of sp³-hybridized carbons (Fsp3) is 0. The maximum Gasteiger partial charge on any atom is 0.425 e. The van der Waals surface area contributed by atoms with E-state index in [2.05, 4.69) is 25.8 Å². The van der Waals surface area contributed by atoms with Crippen molar-refractivity contribution in [2.75, 3.05) is 5.32 Å². The molecule has 27 nitrogen and oxygen atoms in total. The number of nitrogens with zero attached hydrogens (tertiary/aromatic N) is 6. The van der Waals surface area contributed by atoms with E-state index in [9.17, 15) is 66.6 Å². The summed E-state index contributed by atoms with van der Waals surface area (Å²) >= 11 is 0. The zero-order valence-corrected chi connectivity index (χ0v) is 36.1. The second kappa shape index (κ2) is 22.0. The fourth-order valence-corrected chi connectivity index (χ4v) is 6.54. The molecule has 6 aromatic rings. The van der Waals surface area contributed by atoms with E-state index in [1.807, 2.05) is 0 Å². The van der Waals surface area contributed by atoms with Gasteiger partial charge in [0.25, 0.3) is 25.9 Å². The van der Waals surface area contributed by atoms with Crippen molar-refractivity contribution in [3.63, 3.8) is 0 Å². The van der Waals surface area contributed by atoms with Gasteiger partial charge in [-0.2, -0.15) is 16.8 Å². The Kier molecular flexibility index (Phi) is 18.3. The van der Waals surface area contributed by atoms with Crippen molar-refractivity contribution in [2.45, 2.75) is 9.79 Å². The van der Waals surface area contributed by atoms with Gasteiger partial charge in [-0.1, -0.05) is 12.1 Å². The predicted molar refractivity (Wildman–Crippen MR) is 211 cm³/mol. The molecule has 0 heterocycles. The van der Waals surface area contributed by atoms with Crippen LogP contribution >= 0.6 is 0 Å². The van der Waals surface area contributed by atoms with Crippen LogP contribution in [-0.2, 0) is 75.6 Å². The first-order valence-corrected chi connectivity index (χ1v) is 20.8. The predicted octanol–water partition coefficient (Wildman–Crippen LogP) is 5.69. The van der Waals surface area contributed by atoms with Crippen molar-refractivity contribution in [1.82, 2.24) is 0 Å². The molecular weight excluding hydrogens is 1060 g/mol. The van der Waals surface area contributed by atoms with Crippen LogP contribution in [0.25, 0.3) is 21.5 Å². The summed E-state index contributed by atoms with van der Waals surface area (Å²) in [5.74, 6) is -3.12. The Morgan fingerprint density at radius 1 is 0.523 bits per heavy atom. The zero-order chi connectivity index (χ0) is 47.1. The number of hydrogen-bond donors (Lipinski definition) is 7. The second-order valence-corrected chi connectivity index (χ2v) is 15.3. The summed E-state index contributed by atoms with van der Waals surface area (Å²) in [5.41, 5.74) is -2.71. The van der Waals surface area contributed by atoms with E-state index in [0.29, 0.717) is 34.3 Å². The van der Waals surface area contributed by atoms with Gasteiger partial charge in [0.2, 0.25) is 5.75 Å². The normalized spacial score (nSPS) is 11.0. The van der Waals surface area contributed by atoms with Crippen molar-refractivity contribution in [3.8, 4) is 23.0 Å². The number of nitrogens with one attached hydrogen (secondary N) is 1. The van der Waals surface area contributed by atoms with Crippen LogP contribution < -0.4 is 5.32 Å². The van der Waals surface area contributed by atoms with Gasteiger partial charge in [0, 0.05) is 74.5 Å². The number of aromatic hydroxyl groups is 4. The standard InChI is InChI=1S/C32H21N7O14S2.2Cu.2O3S/c40-29-20-7-5-17(10-15(20)4-9-23(29)35-34-22-2-1-3-25(31(22)42)39(46)47)33-18-6-8-21-16(11-18)12-26(54(48,49)50)28(30(21)41)37-36-24-13-19(38(44)45)14-27(32(24)43)55(51,52)53;;;2*1-4(2)3/h1-14,33,40-43H,(H,48,49,50)(H,51,52,53);;;;. The zero-order valence-electron chi connectivity index (χ0n) is 30.9. The molecule has 7 N–H and O–H groups in total. The van der Waals surface area contributed by atoms with Crippen LogP contribution in [0.3, 0.4) is 0 Å². The van der Waals surface area contributed by atoms with Crippen molar-refractivity contribution in [3.05, 3.63) is 105 Å². The molecule has 350 valence electrons. The summed E-state index contributed by atoms with van der Waals surface area (Å²) in [4.78, 5) is 18.2. The number of nitro groups is 2. The first-order chi connectivity index (χ1) is 29.3. The van der Waals surface area contributed by atoms with Crippen LogP contribution in [0.4, 0.5) is 45.5 Å². The maximum absolute atomic E-state index is 12.4. The summed E-state index contributed by atoms with van der Waals surface area (Å²) in [7, 11) is -16.6. The molecule has 0 aliphatic carbocycles. The third-order valence-corrected chi connectivity index (χ3v) is 9.56. The number of nitro benzene ring substituents is 2. The summed E-state index contributed by atoms with van der Waals surface area (Å²) < 4.78 is 118. The van der Waals surface area contributed by atoms with Gasteiger partial charge < -0.3 is 25.7 Å². The number of rotatable bonds is 10. The molecule has 6 rings (SSSR count). The number of phenolic OH excluding ortho intramolecular Hbond substituents is 4. The molecule has 0 spiro atoms. The molecule has 2 radical (unpaired) electrons. The summed E-state index contributed by atoms with van der Waals surface area (Å²) in [6.45, 7) is 0. The Bertz CT molecular complexity index is 3380. The molecule has 0 aliphatic rings. The van der Waals surface area contributed by atoms with Gasteiger partial charge in [-0.15, -0.1) is 45.7 Å². The molecule has 0 bridgehead atoms. The molecule has 0 amide bonds. The Balaban J connectivity index is 0.00000134. The summed E-state index contributed by atoms with van der Waals surface area (Å²) in [6, 6.07) is 17.5. The Labute approximate surface area is 385 Å². The number of para-hydroxylation sites is 1. The van der Waals surface area contributed by atoms with Crippen LogP contribution in [0.15, 0.2) is 115 Å². The van der Waals surface area contributed by atoms with Gasteiger partial charge in [-0.3, -0.25) is 29.3 Å². The third-order valence-electron chi connectivity index (χ3n) is 7.83. The quantitative estimate of drug-likeness (QED) is 0.0285. The smallest absolute Gasteiger partial charge is 0.425 e. The minimum Gasteiger partial charge on any atom is -0.505 e. The molecule has 0 saturated heterocycles. The molecule has 0 atom stereocenters. The van der Waals surface area contributed by atoms with Crippen LogP contribution in [0.1, 0.15) is 0 Å². The van der Waals surface area contributed by atoms with Crippen molar-refractivity contribution < 1.29 is 116 Å². The Hall–Kier alpha value is -7.06. The SMILES string of the molecule is O=S(=O)=O.O=S(=O)=O.O=[N+]([O-])c1cc(N=Nc2c(S(=O)(=O)O)cc3cc(Nc4ccc5c(O)c(N=Nc6cccc([N+](=O)[O-])c6O)ccc5c4)ccc3c2O)c(O)c(S(=O)(=O)O)c1.[Cu].[Cu]. The molecule has 6 aromatic carbocycles. The number of azo groups is 2. The van der Waals surface area contributed by atoms with E-state index in [1.54, 1.807) is 18.2 Å². The first-order valence-electron chi connectivity index (χ1n) is 15.9. The van der Waals surface area contributed by atoms with Crippen molar-refractivity contribution in [1.29, 1.82) is 0 Å². The van der Waals surface area contributed by atoms with Gasteiger partial charge in [0.1, 0.15) is 32.5 Å². The minimum absolute atomic E-state index is 0. The topological polar surface area (TPSA) is 440 Å². The van der Waals surface area contributed by atoms with Crippen LogP contribution in [0.2, 0.25) is 0 Å². The molecule has 0 unspecified atom stereocenters. The monoisotopic (exact) mass is 1080 g/mol. The van der Waals surface area contributed by atoms with Gasteiger partial charge in [-0.25, -0.2) is 0 Å². The van der Waals surface area contributed by atoms with Crippen LogP contribution in [0, 0.1) is 20.2 Å². The molecule has 0 aromatic heterocycles. The van der Waals surface area contributed by atoms with E-state index in [4.69, 9.17) is 25.3 Å². The number of benzene rings is 6. The van der Waals surface area contributed by atoms with Crippen molar-refractivity contribution >= 4 is 108 Å². The van der Waals surface area contributed by atoms with E-state index >= 15 is 0 Å². The Morgan fingerprint density at radius 2 is 1.02 bits per heavy atom. The molecule has 33 heteroatoms. The van der Waals surface area contributed by atoms with E-state index in [0.717, 1.165) is 12.1 Å². The molecule has 65 heavy (non-hydrogen) atoms.